The maximum absolute atomic E-state index is 8.87. The minimum atomic E-state index is 0.281. The van der Waals surface area contributed by atoms with E-state index in [0.717, 1.165) is 57.1 Å². The van der Waals surface area contributed by atoms with Crippen LogP contribution in [-0.2, 0) is 0 Å². The van der Waals surface area contributed by atoms with Crippen molar-refractivity contribution in [2.75, 3.05) is 44.2 Å². The van der Waals surface area contributed by atoms with E-state index in [0.29, 0.717) is 0 Å². The van der Waals surface area contributed by atoms with E-state index in [1.54, 1.807) is 0 Å². The largest absolute Gasteiger partial charge is 0.396 e. The number of aliphatic hydroxyl groups excluding tert-OH is 1. The molecule has 0 unspecified atom stereocenters. The lowest BCUT2D eigenvalue weighted by Crippen LogP contribution is -2.32. The zero-order valence-corrected chi connectivity index (χ0v) is 11.0. The summed E-state index contributed by atoms with van der Waals surface area (Å²) in [5, 5.41) is 17.2. The lowest BCUT2D eigenvalue weighted by atomic mass is 10.3. The van der Waals surface area contributed by atoms with Crippen LogP contribution in [-0.4, -0.2) is 59.5 Å². The number of nitrogens with zero attached hydrogens (tertiary/aromatic N) is 4. The molecule has 0 spiro atoms. The molecule has 0 saturated carbocycles. The Morgan fingerprint density at radius 1 is 1.17 bits per heavy atom. The Labute approximate surface area is 108 Å². The van der Waals surface area contributed by atoms with Gasteiger partial charge < -0.3 is 14.9 Å². The van der Waals surface area contributed by atoms with Gasteiger partial charge in [0.15, 0.2) is 5.82 Å². The molecule has 2 heterocycles. The highest BCUT2D eigenvalue weighted by Gasteiger charge is 2.15. The van der Waals surface area contributed by atoms with Gasteiger partial charge in [-0.25, -0.2) is 0 Å². The zero-order chi connectivity index (χ0) is 12.8. The fourth-order valence-corrected chi connectivity index (χ4v) is 2.28. The molecular formula is C13H22N4O. The second kappa shape index (κ2) is 6.66. The molecule has 5 heteroatoms. The third-order valence-electron chi connectivity index (χ3n) is 3.33. The predicted octanol–water partition coefficient (Wildman–Crippen LogP) is 0.680. The van der Waals surface area contributed by atoms with Crippen LogP contribution in [0.1, 0.15) is 18.5 Å². The molecule has 0 aliphatic carbocycles. The fraction of sp³-hybridized carbons (Fsp3) is 0.692. The number of anilines is 1. The van der Waals surface area contributed by atoms with Gasteiger partial charge in [0, 0.05) is 32.8 Å². The number of hydrogen-bond acceptors (Lipinski definition) is 5. The smallest absolute Gasteiger partial charge is 0.151 e. The number of aryl methyl sites for hydroxylation is 1. The Morgan fingerprint density at radius 2 is 2.06 bits per heavy atom. The second-order valence-corrected chi connectivity index (χ2v) is 4.79. The molecule has 5 nitrogen and oxygen atoms in total. The van der Waals surface area contributed by atoms with Crippen molar-refractivity contribution in [3.63, 3.8) is 0 Å². The molecule has 1 fully saturated rings. The van der Waals surface area contributed by atoms with Crippen LogP contribution in [0.15, 0.2) is 12.1 Å². The number of aliphatic hydroxyl groups is 1. The van der Waals surface area contributed by atoms with Gasteiger partial charge in [0.05, 0.1) is 5.69 Å². The van der Waals surface area contributed by atoms with Gasteiger partial charge >= 0.3 is 0 Å². The normalized spacial score (nSPS) is 17.8. The average molecular weight is 250 g/mol. The Kier molecular flexibility index (Phi) is 4.90. The number of aromatic nitrogens is 2. The molecule has 0 amide bonds. The summed E-state index contributed by atoms with van der Waals surface area (Å²) in [5.74, 6) is 0.976. The summed E-state index contributed by atoms with van der Waals surface area (Å²) in [6.07, 6.45) is 2.01. The lowest BCUT2D eigenvalue weighted by Gasteiger charge is -2.22. The summed E-state index contributed by atoms with van der Waals surface area (Å²) in [5.41, 5.74) is 0.957. The molecule has 1 aliphatic heterocycles. The van der Waals surface area contributed by atoms with Crippen LogP contribution >= 0.6 is 0 Å². The Balaban J connectivity index is 1.90. The van der Waals surface area contributed by atoms with Gasteiger partial charge in [-0.1, -0.05) is 0 Å². The standard InChI is InChI=1S/C13H22N4O/c1-12-4-5-13(15-14-12)17-8-2-6-16(9-10-17)7-3-11-18/h4-5,18H,2-3,6-11H2,1H3. The van der Waals surface area contributed by atoms with E-state index >= 15 is 0 Å². The van der Waals surface area contributed by atoms with Crippen molar-refractivity contribution in [3.05, 3.63) is 17.8 Å². The van der Waals surface area contributed by atoms with Crippen LogP contribution in [0.25, 0.3) is 0 Å². The number of rotatable bonds is 4. The fourth-order valence-electron chi connectivity index (χ4n) is 2.28. The first-order valence-electron chi connectivity index (χ1n) is 6.68. The molecule has 1 saturated heterocycles. The van der Waals surface area contributed by atoms with E-state index in [1.165, 1.54) is 0 Å². The summed E-state index contributed by atoms with van der Waals surface area (Å²) >= 11 is 0. The Bertz CT molecular complexity index is 355. The SMILES string of the molecule is Cc1ccc(N2CCCN(CCCO)CC2)nn1. The lowest BCUT2D eigenvalue weighted by molar-refractivity contribution is 0.232. The van der Waals surface area contributed by atoms with Crippen molar-refractivity contribution in [1.29, 1.82) is 0 Å². The van der Waals surface area contributed by atoms with E-state index in [1.807, 2.05) is 19.1 Å². The van der Waals surface area contributed by atoms with Gasteiger partial charge in [-0.05, 0) is 38.4 Å². The molecule has 1 aliphatic rings. The highest BCUT2D eigenvalue weighted by Crippen LogP contribution is 2.12. The van der Waals surface area contributed by atoms with Crippen LogP contribution in [0.4, 0.5) is 5.82 Å². The molecule has 18 heavy (non-hydrogen) atoms. The monoisotopic (exact) mass is 250 g/mol. The summed E-state index contributed by atoms with van der Waals surface area (Å²) in [6, 6.07) is 4.06. The van der Waals surface area contributed by atoms with Gasteiger partial charge in [0.25, 0.3) is 0 Å². The highest BCUT2D eigenvalue weighted by molar-refractivity contribution is 5.37. The molecule has 0 bridgehead atoms. The molecule has 0 radical (unpaired) electrons. The molecule has 1 N–H and O–H groups in total. The first kappa shape index (κ1) is 13.2. The molecule has 1 aromatic heterocycles. The third-order valence-corrected chi connectivity index (χ3v) is 3.33. The molecule has 2 rings (SSSR count). The average Bonchev–Trinajstić information content (AvgIpc) is 2.63. The third kappa shape index (κ3) is 3.65. The topological polar surface area (TPSA) is 52.5 Å². The predicted molar refractivity (Wildman–Crippen MR) is 71.7 cm³/mol. The summed E-state index contributed by atoms with van der Waals surface area (Å²) in [7, 11) is 0. The molecule has 100 valence electrons. The molecule has 1 aromatic rings. The van der Waals surface area contributed by atoms with Crippen molar-refractivity contribution < 1.29 is 5.11 Å². The van der Waals surface area contributed by atoms with Crippen LogP contribution in [0.3, 0.4) is 0 Å². The van der Waals surface area contributed by atoms with E-state index < -0.39 is 0 Å². The Morgan fingerprint density at radius 3 is 2.78 bits per heavy atom. The summed E-state index contributed by atoms with van der Waals surface area (Å²) in [4.78, 5) is 4.71. The van der Waals surface area contributed by atoms with Crippen LogP contribution in [0, 0.1) is 6.92 Å². The van der Waals surface area contributed by atoms with Gasteiger partial charge in [-0.2, -0.15) is 5.10 Å². The van der Waals surface area contributed by atoms with Crippen molar-refractivity contribution in [2.24, 2.45) is 0 Å². The highest BCUT2D eigenvalue weighted by atomic mass is 16.3. The van der Waals surface area contributed by atoms with Crippen molar-refractivity contribution in [1.82, 2.24) is 15.1 Å². The minimum Gasteiger partial charge on any atom is -0.396 e. The van der Waals surface area contributed by atoms with E-state index in [4.69, 9.17) is 5.11 Å². The summed E-state index contributed by atoms with van der Waals surface area (Å²) in [6.45, 7) is 7.39. The molecular weight excluding hydrogens is 228 g/mol. The first-order chi connectivity index (χ1) is 8.79. The Hall–Kier alpha value is -1.20. The molecule has 0 aromatic carbocycles. The van der Waals surface area contributed by atoms with Gasteiger partial charge in [0.1, 0.15) is 0 Å². The second-order valence-electron chi connectivity index (χ2n) is 4.79. The van der Waals surface area contributed by atoms with Crippen LogP contribution in [0.2, 0.25) is 0 Å². The molecule has 0 atom stereocenters. The van der Waals surface area contributed by atoms with E-state index in [9.17, 15) is 0 Å². The number of hydrogen-bond donors (Lipinski definition) is 1. The van der Waals surface area contributed by atoms with Crippen molar-refractivity contribution in [3.8, 4) is 0 Å². The quantitative estimate of drug-likeness (QED) is 0.851. The maximum Gasteiger partial charge on any atom is 0.151 e. The van der Waals surface area contributed by atoms with Gasteiger partial charge in [-0.3, -0.25) is 0 Å². The van der Waals surface area contributed by atoms with Crippen LogP contribution < -0.4 is 4.90 Å². The van der Waals surface area contributed by atoms with Gasteiger partial charge in [0.2, 0.25) is 0 Å². The van der Waals surface area contributed by atoms with E-state index in [-0.39, 0.29) is 6.61 Å². The van der Waals surface area contributed by atoms with Crippen molar-refractivity contribution >= 4 is 5.82 Å². The van der Waals surface area contributed by atoms with Crippen LogP contribution in [0.5, 0.6) is 0 Å². The maximum atomic E-state index is 8.87. The zero-order valence-electron chi connectivity index (χ0n) is 11.0. The van der Waals surface area contributed by atoms with Gasteiger partial charge in [-0.15, -0.1) is 5.10 Å². The minimum absolute atomic E-state index is 0.281. The van der Waals surface area contributed by atoms with E-state index in [2.05, 4.69) is 20.0 Å². The van der Waals surface area contributed by atoms with Crippen molar-refractivity contribution in [2.45, 2.75) is 19.8 Å². The summed E-state index contributed by atoms with van der Waals surface area (Å²) < 4.78 is 0. The first-order valence-corrected chi connectivity index (χ1v) is 6.68.